The largest absolute Gasteiger partial charge is 0.481 e. The van der Waals surface area contributed by atoms with Gasteiger partial charge in [0.05, 0.1) is 6.42 Å². The number of carboxylic acid groups (broad SMARTS) is 2. The molecule has 222 valence electrons. The van der Waals surface area contributed by atoms with Gasteiger partial charge in [0.25, 0.3) is 5.91 Å². The van der Waals surface area contributed by atoms with E-state index in [0.29, 0.717) is 0 Å². The first kappa shape index (κ1) is 29.5. The second-order valence-electron chi connectivity index (χ2n) is 9.54. The Morgan fingerprint density at radius 1 is 1.36 bits per heavy atom. The monoisotopic (exact) mass is 635 g/mol. The minimum Gasteiger partial charge on any atom is -0.481 e. The quantitative estimate of drug-likeness (QED) is 0.0812. The summed E-state index contributed by atoms with van der Waals surface area (Å²) >= 11 is 3.47. The molecule has 4 heterocycles. The Kier molecular flexibility index (Phi) is 8.78. The highest BCUT2D eigenvalue weighted by atomic mass is 32.2. The third-order valence-corrected chi connectivity index (χ3v) is 10.1. The number of aliphatic carboxylic acids is 2. The van der Waals surface area contributed by atoms with E-state index in [1.807, 2.05) is 12.2 Å². The molecule has 2 aliphatic heterocycles. The number of carbonyl (C=O) groups is 4. The minimum absolute atomic E-state index is 0.0466. The van der Waals surface area contributed by atoms with Crippen LogP contribution in [0.5, 0.6) is 0 Å². The Hall–Kier alpha value is -3.97. The molecule has 5 rings (SSSR count). The number of nitrogens with zero attached hydrogens (tertiary/aromatic N) is 7. The number of anilines is 1. The van der Waals surface area contributed by atoms with Crippen LogP contribution in [0, 0.1) is 5.41 Å². The van der Waals surface area contributed by atoms with E-state index >= 15 is 0 Å². The van der Waals surface area contributed by atoms with Crippen LogP contribution in [-0.4, -0.2) is 105 Å². The molecule has 2 saturated heterocycles. The van der Waals surface area contributed by atoms with Gasteiger partial charge < -0.3 is 31.0 Å². The number of fused-ring (bicyclic) bond motifs is 1. The van der Waals surface area contributed by atoms with Crippen molar-refractivity contribution in [2.75, 3.05) is 23.8 Å². The van der Waals surface area contributed by atoms with E-state index in [4.69, 9.17) is 15.7 Å². The lowest BCUT2D eigenvalue weighted by Crippen LogP contribution is -2.74. The maximum atomic E-state index is 13.2. The van der Waals surface area contributed by atoms with Gasteiger partial charge in [-0.25, -0.2) is 4.98 Å². The molecule has 2 aromatic rings. The highest BCUT2D eigenvalue weighted by molar-refractivity contribution is 8.00. The molecule has 1 aliphatic carbocycles. The fourth-order valence-corrected chi connectivity index (χ4v) is 7.62. The Morgan fingerprint density at radius 2 is 2.19 bits per heavy atom. The number of oxime groups is 1. The van der Waals surface area contributed by atoms with Crippen molar-refractivity contribution in [2.45, 2.75) is 41.9 Å². The first-order valence-corrected chi connectivity index (χ1v) is 15.5. The number of carboxylic acids is 2. The van der Waals surface area contributed by atoms with Crippen molar-refractivity contribution in [2.24, 2.45) is 10.6 Å². The molecule has 2 fully saturated rings. The van der Waals surface area contributed by atoms with Crippen molar-refractivity contribution in [3.05, 3.63) is 29.3 Å². The Morgan fingerprint density at radius 3 is 2.88 bits per heavy atom. The number of β-lactam (4-membered cyclic amide) rings is 1. The summed E-state index contributed by atoms with van der Waals surface area (Å²) in [7, 11) is 0. The number of carbonyl (C=O) groups excluding carboxylic acids is 2. The summed E-state index contributed by atoms with van der Waals surface area (Å²) in [6.45, 7) is -0.0741. The fourth-order valence-electron chi connectivity index (χ4n) is 4.36. The van der Waals surface area contributed by atoms with Crippen LogP contribution in [0.15, 0.2) is 33.9 Å². The maximum absolute atomic E-state index is 13.2. The average molecular weight is 636 g/mol. The Balaban J connectivity index is 1.23. The molecule has 0 aromatic carbocycles. The minimum atomic E-state index is -1.31. The van der Waals surface area contributed by atoms with Crippen LogP contribution in [0.2, 0.25) is 0 Å². The molecular formula is C23H25N9O7S3. The molecule has 0 radical (unpaired) electrons. The number of thiazole rings is 1. The summed E-state index contributed by atoms with van der Waals surface area (Å²) in [4.78, 5) is 60.6. The maximum Gasteiger partial charge on any atom is 0.313 e. The van der Waals surface area contributed by atoms with Crippen LogP contribution < -0.4 is 11.1 Å². The SMILES string of the molecule is Nc1nc(C(=NOC2C=CCC2)C(=O)NC2C(=O)N3CC(CSc4nnnn4C=CCC(=O)O)(C(=O)O)CS[C@H]23)cs1. The molecule has 0 bridgehead atoms. The van der Waals surface area contributed by atoms with Crippen LogP contribution in [0.3, 0.4) is 0 Å². The molecule has 2 aromatic heterocycles. The van der Waals surface area contributed by atoms with Gasteiger partial charge in [0.1, 0.15) is 28.6 Å². The van der Waals surface area contributed by atoms with Crippen molar-refractivity contribution in [1.29, 1.82) is 0 Å². The topological polar surface area (TPSA) is 228 Å². The van der Waals surface area contributed by atoms with Crippen LogP contribution >= 0.6 is 34.9 Å². The molecule has 19 heteroatoms. The van der Waals surface area contributed by atoms with Crippen LogP contribution in [-0.2, 0) is 24.0 Å². The number of nitrogens with two attached hydrogens (primary N) is 1. The lowest BCUT2D eigenvalue weighted by Gasteiger charge is -2.53. The summed E-state index contributed by atoms with van der Waals surface area (Å²) in [5, 5.41) is 38.5. The van der Waals surface area contributed by atoms with Crippen LogP contribution in [0.25, 0.3) is 6.20 Å². The van der Waals surface area contributed by atoms with E-state index in [1.54, 1.807) is 5.38 Å². The molecule has 2 amide bonds. The molecule has 5 N–H and O–H groups in total. The number of nitrogens with one attached hydrogen (secondary N) is 1. The van der Waals surface area contributed by atoms with Crippen molar-refractivity contribution in [3.63, 3.8) is 0 Å². The van der Waals surface area contributed by atoms with Gasteiger partial charge >= 0.3 is 11.9 Å². The summed E-state index contributed by atoms with van der Waals surface area (Å²) in [5.74, 6) is -2.98. The lowest BCUT2D eigenvalue weighted by molar-refractivity contribution is -0.157. The number of nitrogen functional groups attached to an aromatic ring is 1. The third kappa shape index (κ3) is 6.26. The van der Waals surface area contributed by atoms with E-state index < -0.39 is 40.6 Å². The molecule has 0 saturated carbocycles. The molecular weight excluding hydrogens is 611 g/mol. The zero-order chi connectivity index (χ0) is 29.9. The normalized spacial score (nSPS) is 25.3. The predicted molar refractivity (Wildman–Crippen MR) is 152 cm³/mol. The van der Waals surface area contributed by atoms with Gasteiger partial charge in [0.2, 0.25) is 11.1 Å². The zero-order valence-corrected chi connectivity index (χ0v) is 24.2. The summed E-state index contributed by atoms with van der Waals surface area (Å²) in [6.07, 6.45) is 7.62. The van der Waals surface area contributed by atoms with E-state index in [2.05, 4.69) is 31.0 Å². The summed E-state index contributed by atoms with van der Waals surface area (Å²) in [6, 6.07) is -0.888. The highest BCUT2D eigenvalue weighted by Crippen LogP contribution is 2.44. The van der Waals surface area contributed by atoms with Gasteiger partial charge in [-0.05, 0) is 29.3 Å². The number of rotatable bonds is 12. The molecule has 0 spiro atoms. The molecule has 4 atom stereocenters. The predicted octanol–water partition coefficient (Wildman–Crippen LogP) is 0.360. The highest BCUT2D eigenvalue weighted by Gasteiger charge is 2.57. The van der Waals surface area contributed by atoms with Gasteiger partial charge in [0, 0.05) is 29.6 Å². The number of thioether (sulfide) groups is 2. The molecule has 42 heavy (non-hydrogen) atoms. The first-order chi connectivity index (χ1) is 20.2. The number of aromatic nitrogens is 5. The van der Waals surface area contributed by atoms with Gasteiger partial charge in [0.15, 0.2) is 10.8 Å². The fraction of sp³-hybridized carbons (Fsp3) is 0.435. The van der Waals surface area contributed by atoms with Crippen LogP contribution in [0.4, 0.5) is 5.13 Å². The summed E-state index contributed by atoms with van der Waals surface area (Å²) in [5.41, 5.74) is 4.54. The van der Waals surface area contributed by atoms with Gasteiger partial charge in [-0.3, -0.25) is 19.2 Å². The molecule has 3 unspecified atom stereocenters. The third-order valence-electron chi connectivity index (χ3n) is 6.59. The number of tetrazole rings is 1. The lowest BCUT2D eigenvalue weighted by atomic mass is 9.89. The first-order valence-electron chi connectivity index (χ1n) is 12.5. The number of amides is 2. The van der Waals surface area contributed by atoms with E-state index in [-0.39, 0.29) is 52.3 Å². The smallest absolute Gasteiger partial charge is 0.313 e. The standard InChI is InChI=1S/C23H25N9O7S3/c24-21-25-13(8-40-21)15(28-39-12-4-1-2-5-12)17(35)26-16-18(36)31-9-23(20(37)38,10-41-19(16)31)11-42-22-27-29-30-32(22)7-3-6-14(33)34/h1,3-4,7-8,12,16,19H,2,5-6,9-11H2,(H2,24,25)(H,26,35)(H,33,34)(H,37,38)/t12?,16?,19-,23?/m1/s1. The van der Waals surface area contributed by atoms with Gasteiger partial charge in [-0.2, -0.15) is 4.68 Å². The van der Waals surface area contributed by atoms with Crippen molar-refractivity contribution < 1.29 is 34.2 Å². The molecule has 3 aliphatic rings. The van der Waals surface area contributed by atoms with Crippen molar-refractivity contribution >= 4 is 75.7 Å². The second kappa shape index (κ2) is 12.5. The van der Waals surface area contributed by atoms with E-state index in [0.717, 1.165) is 35.9 Å². The zero-order valence-electron chi connectivity index (χ0n) is 21.7. The van der Waals surface area contributed by atoms with Crippen molar-refractivity contribution in [1.82, 2.24) is 35.4 Å². The average Bonchev–Trinajstić information content (AvgIpc) is 3.73. The molecule has 16 nitrogen and oxygen atoms in total. The van der Waals surface area contributed by atoms with Gasteiger partial charge in [-0.1, -0.05) is 29.1 Å². The number of hydrogen-bond acceptors (Lipinski definition) is 14. The Bertz CT molecular complexity index is 1470. The summed E-state index contributed by atoms with van der Waals surface area (Å²) < 4.78 is 1.25. The number of allylic oxidation sites excluding steroid dienone is 1. The van der Waals surface area contributed by atoms with E-state index in [1.165, 1.54) is 33.6 Å². The second-order valence-corrected chi connectivity index (χ2v) is 12.5. The van der Waals surface area contributed by atoms with E-state index in [9.17, 15) is 24.3 Å². The number of hydrogen-bond donors (Lipinski definition) is 4. The van der Waals surface area contributed by atoms with Gasteiger partial charge in [-0.15, -0.1) is 28.2 Å². The Labute approximate surface area is 250 Å². The van der Waals surface area contributed by atoms with Crippen molar-refractivity contribution in [3.8, 4) is 0 Å². The van der Waals surface area contributed by atoms with Crippen LogP contribution in [0.1, 0.15) is 25.0 Å².